The van der Waals surface area contributed by atoms with E-state index < -0.39 is 15.4 Å². The second-order valence-electron chi connectivity index (χ2n) is 3.57. The van der Waals surface area contributed by atoms with Gasteiger partial charge < -0.3 is 4.89 Å². The average molecular weight is 417 g/mol. The van der Waals surface area contributed by atoms with Crippen LogP contribution in [0.25, 0.3) is 0 Å². The van der Waals surface area contributed by atoms with Crippen molar-refractivity contribution in [3.8, 4) is 0 Å². The lowest BCUT2D eigenvalue weighted by Gasteiger charge is -2.15. The molecule has 0 aromatic heterocycles. The molecule has 0 aliphatic heterocycles. The Kier molecular flexibility index (Phi) is 9.98. The summed E-state index contributed by atoms with van der Waals surface area (Å²) < 4.78 is 17.9. The molecule has 0 aromatic rings. The number of phosphoric ester groups is 1. The Morgan fingerprint density at radius 3 is 1.42 bits per heavy atom. The van der Waals surface area contributed by atoms with Crippen molar-refractivity contribution in [1.82, 2.24) is 0 Å². The molecule has 0 heterocycles. The highest BCUT2D eigenvalue weighted by atomic mass is 35.6. The maximum Gasteiger partial charge on any atom is 0.472 e. The maximum atomic E-state index is 11.4. The first-order valence-corrected chi connectivity index (χ1v) is 8.93. The molecule has 0 saturated heterocycles. The van der Waals surface area contributed by atoms with Crippen molar-refractivity contribution in [2.24, 2.45) is 0 Å². The molecule has 0 unspecified atom stereocenters. The topological polar surface area (TPSA) is 55.8 Å². The van der Waals surface area contributed by atoms with E-state index in [1.807, 2.05) is 0 Å². The zero-order valence-corrected chi connectivity index (χ0v) is 15.1. The third kappa shape index (κ3) is 16.1. The van der Waals surface area contributed by atoms with Gasteiger partial charge in [0, 0.05) is 0 Å². The molecule has 0 rings (SSSR count). The van der Waals surface area contributed by atoms with Crippen LogP contribution in [-0.4, -0.2) is 25.7 Å². The van der Waals surface area contributed by atoms with Gasteiger partial charge in [0.05, 0.1) is 13.2 Å². The van der Waals surface area contributed by atoms with Crippen LogP contribution in [0.4, 0.5) is 0 Å². The quantitative estimate of drug-likeness (QED) is 0.326. The number of halogens is 6. The minimum absolute atomic E-state index is 0.0633. The molecule has 4 nitrogen and oxygen atoms in total. The standard InChI is InChI=1S/C8H13Cl6O4P/c9-7(10,11)3-1-5-17-19(15,16)18-6-2-4-8(12,13)14/h1-6H2,(H,15,16). The molecule has 19 heavy (non-hydrogen) atoms. The lowest BCUT2D eigenvalue weighted by Crippen LogP contribution is -2.06. The van der Waals surface area contributed by atoms with Gasteiger partial charge in [-0.3, -0.25) is 9.05 Å². The van der Waals surface area contributed by atoms with Crippen molar-refractivity contribution in [3.63, 3.8) is 0 Å². The summed E-state index contributed by atoms with van der Waals surface area (Å²) in [5.74, 6) is 0. The van der Waals surface area contributed by atoms with Crippen LogP contribution in [0, 0.1) is 0 Å². The zero-order chi connectivity index (χ0) is 15.2. The predicted molar refractivity (Wildman–Crippen MR) is 80.8 cm³/mol. The molecular weight excluding hydrogens is 404 g/mol. The highest BCUT2D eigenvalue weighted by Crippen LogP contribution is 2.44. The molecule has 0 aliphatic carbocycles. The van der Waals surface area contributed by atoms with Gasteiger partial charge in [-0.1, -0.05) is 69.6 Å². The number of hydrogen-bond acceptors (Lipinski definition) is 3. The maximum absolute atomic E-state index is 11.4. The third-order valence-electron chi connectivity index (χ3n) is 1.72. The van der Waals surface area contributed by atoms with Crippen LogP contribution in [0.1, 0.15) is 25.7 Å². The van der Waals surface area contributed by atoms with Crippen molar-refractivity contribution in [2.75, 3.05) is 13.2 Å². The van der Waals surface area contributed by atoms with Crippen molar-refractivity contribution >= 4 is 77.4 Å². The lowest BCUT2D eigenvalue weighted by molar-refractivity contribution is 0.146. The van der Waals surface area contributed by atoms with E-state index in [0.29, 0.717) is 12.8 Å². The molecular formula is C8H13Cl6O4P. The highest BCUT2D eigenvalue weighted by molar-refractivity contribution is 7.47. The van der Waals surface area contributed by atoms with Gasteiger partial charge in [-0.2, -0.15) is 0 Å². The number of phosphoric acid groups is 1. The first-order valence-electron chi connectivity index (χ1n) is 5.17. The molecule has 0 atom stereocenters. The summed E-state index contributed by atoms with van der Waals surface area (Å²) in [6.07, 6.45) is 1.01. The number of alkyl halides is 6. The molecule has 0 fully saturated rings. The van der Waals surface area contributed by atoms with Crippen LogP contribution < -0.4 is 0 Å². The summed E-state index contributed by atoms with van der Waals surface area (Å²) in [5, 5.41) is 0. The summed E-state index contributed by atoms with van der Waals surface area (Å²) in [6.45, 7) is -0.127. The molecule has 0 saturated carbocycles. The van der Waals surface area contributed by atoms with Crippen LogP contribution in [0.2, 0.25) is 0 Å². The van der Waals surface area contributed by atoms with Crippen LogP contribution in [0.3, 0.4) is 0 Å². The average Bonchev–Trinajstić information content (AvgIpc) is 2.17. The van der Waals surface area contributed by atoms with Crippen LogP contribution >= 0.6 is 77.4 Å². The summed E-state index contributed by atoms with van der Waals surface area (Å²) in [7, 11) is -4.12. The smallest absolute Gasteiger partial charge is 0.302 e. The SMILES string of the molecule is O=P(O)(OCCCC(Cl)(Cl)Cl)OCCCC(Cl)(Cl)Cl. The van der Waals surface area contributed by atoms with E-state index in [0.717, 1.165) is 0 Å². The van der Waals surface area contributed by atoms with Gasteiger partial charge >= 0.3 is 7.82 Å². The van der Waals surface area contributed by atoms with Crippen molar-refractivity contribution in [3.05, 3.63) is 0 Å². The Morgan fingerprint density at radius 2 is 1.16 bits per heavy atom. The predicted octanol–water partition coefficient (Wildman–Crippen LogP) is 5.42. The summed E-state index contributed by atoms with van der Waals surface area (Å²) in [5.41, 5.74) is 0. The minimum atomic E-state index is -4.12. The van der Waals surface area contributed by atoms with Gasteiger partial charge in [-0.15, -0.1) is 0 Å². The monoisotopic (exact) mass is 414 g/mol. The fourth-order valence-corrected chi connectivity index (χ4v) is 2.54. The van der Waals surface area contributed by atoms with E-state index in [1.165, 1.54) is 0 Å². The van der Waals surface area contributed by atoms with Crippen LogP contribution in [-0.2, 0) is 13.6 Å². The van der Waals surface area contributed by atoms with E-state index in [9.17, 15) is 9.46 Å². The minimum Gasteiger partial charge on any atom is -0.302 e. The summed E-state index contributed by atoms with van der Waals surface area (Å²) >= 11 is 33.0. The lowest BCUT2D eigenvalue weighted by atomic mass is 10.3. The summed E-state index contributed by atoms with van der Waals surface area (Å²) in [4.78, 5) is 9.29. The van der Waals surface area contributed by atoms with Crippen LogP contribution in [0.5, 0.6) is 0 Å². The zero-order valence-electron chi connectivity index (χ0n) is 9.63. The van der Waals surface area contributed by atoms with Gasteiger partial charge in [0.1, 0.15) is 0 Å². The molecule has 0 amide bonds. The third-order valence-corrected chi connectivity index (χ3v) is 3.87. The van der Waals surface area contributed by atoms with E-state index in [4.69, 9.17) is 69.6 Å². The Hall–Kier alpha value is 1.85. The molecule has 0 spiro atoms. The molecule has 0 radical (unpaired) electrons. The van der Waals surface area contributed by atoms with Crippen molar-refractivity contribution in [1.29, 1.82) is 0 Å². The molecule has 0 aliphatic rings. The van der Waals surface area contributed by atoms with E-state index in [1.54, 1.807) is 0 Å². The van der Waals surface area contributed by atoms with E-state index in [-0.39, 0.29) is 26.1 Å². The largest absolute Gasteiger partial charge is 0.472 e. The first-order chi connectivity index (χ1) is 8.41. The van der Waals surface area contributed by atoms with Crippen molar-refractivity contribution < 1.29 is 18.5 Å². The fraction of sp³-hybridized carbons (Fsp3) is 1.00. The molecule has 1 N–H and O–H groups in total. The number of rotatable bonds is 8. The van der Waals surface area contributed by atoms with E-state index >= 15 is 0 Å². The van der Waals surface area contributed by atoms with Gasteiger partial charge in [0.25, 0.3) is 0 Å². The normalized spacial score (nSPS) is 13.8. The van der Waals surface area contributed by atoms with Gasteiger partial charge in [0.2, 0.25) is 0 Å². The Labute approximate surface area is 142 Å². The second kappa shape index (κ2) is 9.09. The van der Waals surface area contributed by atoms with Gasteiger partial charge in [0.15, 0.2) is 7.59 Å². The molecule has 0 aromatic carbocycles. The Balaban J connectivity index is 3.72. The van der Waals surface area contributed by atoms with Gasteiger partial charge in [-0.25, -0.2) is 4.57 Å². The second-order valence-corrected chi connectivity index (χ2v) is 10.1. The molecule has 11 heteroatoms. The fourth-order valence-electron chi connectivity index (χ4n) is 0.942. The Morgan fingerprint density at radius 1 is 0.842 bits per heavy atom. The molecule has 116 valence electrons. The van der Waals surface area contributed by atoms with E-state index in [2.05, 4.69) is 9.05 Å². The van der Waals surface area contributed by atoms with Gasteiger partial charge in [-0.05, 0) is 25.7 Å². The summed E-state index contributed by atoms with van der Waals surface area (Å²) in [6, 6.07) is 0. The first kappa shape index (κ1) is 20.9. The molecule has 0 bridgehead atoms. The van der Waals surface area contributed by atoms with Crippen molar-refractivity contribution in [2.45, 2.75) is 33.3 Å². The van der Waals surface area contributed by atoms with Crippen LogP contribution in [0.15, 0.2) is 0 Å². The number of hydrogen-bond donors (Lipinski definition) is 1. The Bertz CT molecular complexity index is 277. The highest BCUT2D eigenvalue weighted by Gasteiger charge is 2.24.